The Balaban J connectivity index is 1.53. The summed E-state index contributed by atoms with van der Waals surface area (Å²) in [6.45, 7) is 3.38. The van der Waals surface area contributed by atoms with Crippen molar-refractivity contribution in [1.82, 2.24) is 14.7 Å². The van der Waals surface area contributed by atoms with E-state index in [1.807, 2.05) is 0 Å². The number of benzene rings is 2. The van der Waals surface area contributed by atoms with Gasteiger partial charge in [-0.3, -0.25) is 9.58 Å². The van der Waals surface area contributed by atoms with Crippen LogP contribution in [-0.4, -0.2) is 47.0 Å². The average molecular weight is 494 g/mol. The Morgan fingerprint density at radius 3 is 2.59 bits per heavy atom. The molecule has 1 saturated heterocycles. The van der Waals surface area contributed by atoms with E-state index < -0.39 is 29.2 Å². The van der Waals surface area contributed by atoms with Crippen molar-refractivity contribution in [3.05, 3.63) is 59.0 Å². The van der Waals surface area contributed by atoms with Crippen LogP contribution in [0.25, 0.3) is 11.3 Å². The van der Waals surface area contributed by atoms with Crippen LogP contribution in [0.15, 0.2) is 36.5 Å². The fourth-order valence-corrected chi connectivity index (χ4v) is 4.10. The highest BCUT2D eigenvalue weighted by atomic mass is 35.5. The molecule has 1 aliphatic heterocycles. The van der Waals surface area contributed by atoms with Gasteiger partial charge in [0.25, 0.3) is 0 Å². The minimum Gasteiger partial charge on any atom is -0.492 e. The molecule has 0 saturated carbocycles. The van der Waals surface area contributed by atoms with Gasteiger partial charge >= 0.3 is 6.03 Å². The van der Waals surface area contributed by atoms with Crippen molar-refractivity contribution in [2.24, 2.45) is 7.05 Å². The molecule has 1 fully saturated rings. The summed E-state index contributed by atoms with van der Waals surface area (Å²) >= 11 is 6.34. The van der Waals surface area contributed by atoms with Crippen molar-refractivity contribution in [3.63, 3.8) is 0 Å². The lowest BCUT2D eigenvalue weighted by atomic mass is 10.1. The van der Waals surface area contributed by atoms with Gasteiger partial charge in [0.2, 0.25) is 0 Å². The van der Waals surface area contributed by atoms with Gasteiger partial charge < -0.3 is 15.4 Å². The van der Waals surface area contributed by atoms with Gasteiger partial charge in [-0.1, -0.05) is 11.6 Å². The lowest BCUT2D eigenvalue weighted by molar-refractivity contribution is 0.238. The Morgan fingerprint density at radius 2 is 1.88 bits per heavy atom. The largest absolute Gasteiger partial charge is 0.492 e. The molecule has 0 bridgehead atoms. The maximum absolute atomic E-state index is 13.9. The molecule has 0 aliphatic carbocycles. The standard InChI is InChI=1S/C23H23ClF3N5O2/c1-31-22(16(24)13-28-31)15-12-14(4-7-19(15)34-11-10-32-8-2-3-9-32)29-23(33)30-18-6-5-17(25)20(26)21(18)27/h4-7,12-13H,2-3,8-11H2,1H3,(H2,29,30,33). The van der Waals surface area contributed by atoms with Crippen LogP contribution >= 0.6 is 11.6 Å². The summed E-state index contributed by atoms with van der Waals surface area (Å²) in [7, 11) is 1.73. The maximum Gasteiger partial charge on any atom is 0.323 e. The minimum absolute atomic E-state index is 0.347. The number of rotatable bonds is 7. The Hall–Kier alpha value is -3.24. The van der Waals surface area contributed by atoms with Crippen LogP contribution in [0, 0.1) is 17.5 Å². The fourth-order valence-electron chi connectivity index (χ4n) is 3.83. The molecule has 0 spiro atoms. The zero-order chi connectivity index (χ0) is 24.2. The van der Waals surface area contributed by atoms with E-state index in [4.69, 9.17) is 16.3 Å². The van der Waals surface area contributed by atoms with Gasteiger partial charge in [0.05, 0.1) is 22.6 Å². The Labute approximate surface area is 199 Å². The predicted octanol–water partition coefficient (Wildman–Crippen LogP) is 5.28. The molecule has 2 heterocycles. The Kier molecular flexibility index (Phi) is 7.28. The number of urea groups is 1. The van der Waals surface area contributed by atoms with Crippen molar-refractivity contribution in [3.8, 4) is 17.0 Å². The second-order valence-electron chi connectivity index (χ2n) is 7.87. The number of hydrogen-bond acceptors (Lipinski definition) is 4. The van der Waals surface area contributed by atoms with E-state index in [1.54, 1.807) is 29.9 Å². The van der Waals surface area contributed by atoms with E-state index in [2.05, 4.69) is 20.6 Å². The number of amides is 2. The van der Waals surface area contributed by atoms with Gasteiger partial charge in [0.15, 0.2) is 17.5 Å². The number of ether oxygens (including phenoxy) is 1. The average Bonchev–Trinajstić information content (AvgIpc) is 3.44. The fraction of sp³-hybridized carbons (Fsp3) is 0.304. The molecular formula is C23H23ClF3N5O2. The number of carbonyl (C=O) groups excluding carboxylic acids is 1. The van der Waals surface area contributed by atoms with Crippen LogP contribution in [0.1, 0.15) is 12.8 Å². The highest BCUT2D eigenvalue weighted by Gasteiger charge is 2.19. The van der Waals surface area contributed by atoms with E-state index in [0.717, 1.165) is 31.8 Å². The Morgan fingerprint density at radius 1 is 1.12 bits per heavy atom. The first-order chi connectivity index (χ1) is 16.3. The molecule has 11 heteroatoms. The third-order valence-electron chi connectivity index (χ3n) is 5.53. The van der Waals surface area contributed by atoms with Gasteiger partial charge in [-0.15, -0.1) is 0 Å². The van der Waals surface area contributed by atoms with Gasteiger partial charge in [-0.25, -0.2) is 18.0 Å². The first kappa shape index (κ1) is 23.9. The third-order valence-corrected chi connectivity index (χ3v) is 5.81. The number of carbonyl (C=O) groups is 1. The number of nitrogens with zero attached hydrogens (tertiary/aromatic N) is 3. The van der Waals surface area contributed by atoms with Crippen LogP contribution in [-0.2, 0) is 7.05 Å². The molecule has 0 radical (unpaired) electrons. The molecule has 2 amide bonds. The number of nitrogens with one attached hydrogen (secondary N) is 2. The minimum atomic E-state index is -1.67. The third kappa shape index (κ3) is 5.28. The molecule has 3 aromatic rings. The van der Waals surface area contributed by atoms with Crippen molar-refractivity contribution < 1.29 is 22.7 Å². The van der Waals surface area contributed by atoms with Gasteiger partial charge in [-0.05, 0) is 56.3 Å². The highest BCUT2D eigenvalue weighted by molar-refractivity contribution is 6.33. The first-order valence-corrected chi connectivity index (χ1v) is 11.1. The summed E-state index contributed by atoms with van der Waals surface area (Å²) in [5.74, 6) is -3.94. The van der Waals surface area contributed by atoms with Crippen molar-refractivity contribution >= 4 is 29.0 Å². The van der Waals surface area contributed by atoms with Crippen molar-refractivity contribution in [2.75, 3.05) is 36.9 Å². The van der Waals surface area contributed by atoms with Crippen molar-refractivity contribution in [1.29, 1.82) is 0 Å². The smallest absolute Gasteiger partial charge is 0.323 e. The summed E-state index contributed by atoms with van der Waals surface area (Å²) in [6.07, 6.45) is 3.88. The van der Waals surface area contributed by atoms with E-state index >= 15 is 0 Å². The van der Waals surface area contributed by atoms with E-state index in [-0.39, 0.29) is 0 Å². The zero-order valence-corrected chi connectivity index (χ0v) is 19.1. The summed E-state index contributed by atoms with van der Waals surface area (Å²) in [5.41, 5.74) is 1.05. The quantitative estimate of drug-likeness (QED) is 0.439. The molecule has 7 nitrogen and oxygen atoms in total. The van der Waals surface area contributed by atoms with E-state index in [1.165, 1.54) is 19.0 Å². The van der Waals surface area contributed by atoms with E-state index in [9.17, 15) is 18.0 Å². The zero-order valence-electron chi connectivity index (χ0n) is 18.4. The SMILES string of the molecule is Cn1ncc(Cl)c1-c1cc(NC(=O)Nc2ccc(F)c(F)c2F)ccc1OCCN1CCCC1. The molecule has 1 aliphatic rings. The summed E-state index contributed by atoms with van der Waals surface area (Å²) in [5, 5.41) is 9.29. The molecule has 34 heavy (non-hydrogen) atoms. The van der Waals surface area contributed by atoms with Crippen LogP contribution in [0.2, 0.25) is 5.02 Å². The lowest BCUT2D eigenvalue weighted by Crippen LogP contribution is -2.25. The van der Waals surface area contributed by atoms with Gasteiger partial charge in [0, 0.05) is 24.8 Å². The van der Waals surface area contributed by atoms with Crippen molar-refractivity contribution in [2.45, 2.75) is 12.8 Å². The number of likely N-dealkylation sites (tertiary alicyclic amines) is 1. The topological polar surface area (TPSA) is 71.4 Å². The Bertz CT molecular complexity index is 1180. The summed E-state index contributed by atoms with van der Waals surface area (Å²) in [4.78, 5) is 14.7. The lowest BCUT2D eigenvalue weighted by Gasteiger charge is -2.18. The molecule has 4 rings (SSSR count). The normalized spacial score (nSPS) is 13.8. The number of hydrogen-bond donors (Lipinski definition) is 2. The predicted molar refractivity (Wildman–Crippen MR) is 124 cm³/mol. The van der Waals surface area contributed by atoms with Gasteiger partial charge in [-0.2, -0.15) is 5.10 Å². The highest BCUT2D eigenvalue weighted by Crippen LogP contribution is 2.36. The second kappa shape index (κ2) is 10.4. The summed E-state index contributed by atoms with van der Waals surface area (Å²) < 4.78 is 48.1. The first-order valence-electron chi connectivity index (χ1n) is 10.7. The van der Waals surface area contributed by atoms with Crippen LogP contribution in [0.3, 0.4) is 0 Å². The molecule has 0 unspecified atom stereocenters. The monoisotopic (exact) mass is 493 g/mol. The number of aryl methyl sites for hydroxylation is 1. The van der Waals surface area contributed by atoms with Crippen LogP contribution < -0.4 is 15.4 Å². The number of anilines is 2. The van der Waals surface area contributed by atoms with E-state index in [0.29, 0.717) is 34.3 Å². The van der Waals surface area contributed by atoms with Crippen LogP contribution in [0.4, 0.5) is 29.3 Å². The van der Waals surface area contributed by atoms with Gasteiger partial charge in [0.1, 0.15) is 12.4 Å². The van der Waals surface area contributed by atoms with Crippen LogP contribution in [0.5, 0.6) is 5.75 Å². The molecular weight excluding hydrogens is 471 g/mol. The second-order valence-corrected chi connectivity index (χ2v) is 8.28. The summed E-state index contributed by atoms with van der Waals surface area (Å²) in [6, 6.07) is 5.77. The molecule has 2 N–H and O–H groups in total. The maximum atomic E-state index is 13.9. The molecule has 2 aromatic carbocycles. The number of aromatic nitrogens is 2. The molecule has 0 atom stereocenters. The molecule has 180 valence electrons. The number of halogens is 4. The molecule has 1 aromatic heterocycles.